The van der Waals surface area contributed by atoms with Crippen LogP contribution in [0.1, 0.15) is 21.8 Å². The van der Waals surface area contributed by atoms with Crippen LogP contribution >= 0.6 is 34.5 Å². The summed E-state index contributed by atoms with van der Waals surface area (Å²) in [5.74, 6) is -1.70. The van der Waals surface area contributed by atoms with Crippen molar-refractivity contribution < 1.29 is 19.4 Å². The molecule has 1 aliphatic rings. The molecule has 132 valence electrons. The fraction of sp³-hybridized carbons (Fsp3) is 0.294. The van der Waals surface area contributed by atoms with Crippen LogP contribution in [0.3, 0.4) is 0 Å². The van der Waals surface area contributed by atoms with E-state index >= 15 is 0 Å². The molecule has 2 atom stereocenters. The molecular formula is C17H15Cl2NO4S. The van der Waals surface area contributed by atoms with Crippen molar-refractivity contribution in [3.8, 4) is 5.75 Å². The number of likely N-dealkylation sites (tertiary alicyclic amines) is 1. The summed E-state index contributed by atoms with van der Waals surface area (Å²) >= 11 is 13.4. The molecule has 1 amide bonds. The van der Waals surface area contributed by atoms with Gasteiger partial charge in [0.15, 0.2) is 0 Å². The number of hydrogen-bond acceptors (Lipinski definition) is 5. The van der Waals surface area contributed by atoms with Crippen LogP contribution in [0, 0.1) is 5.92 Å². The lowest BCUT2D eigenvalue weighted by molar-refractivity contribution is -0.145. The number of aromatic hydroxyl groups is 1. The van der Waals surface area contributed by atoms with Crippen LogP contribution in [0.25, 0.3) is 0 Å². The topological polar surface area (TPSA) is 66.8 Å². The minimum Gasteiger partial charge on any atom is -0.507 e. The van der Waals surface area contributed by atoms with Gasteiger partial charge < -0.3 is 14.7 Å². The Kier molecular flexibility index (Phi) is 5.22. The standard InChI is InChI=1S/C17H15Cl2NO4S/c1-24-17(23)12-7-20(6-11(12)9-2-3-25-8-9)16(22)15-13(19)4-10(18)5-14(15)21/h2-5,8,11-12,21H,6-7H2,1H3/t11-,12-/m1/s1. The van der Waals surface area contributed by atoms with E-state index in [2.05, 4.69) is 0 Å². The van der Waals surface area contributed by atoms with Crippen LogP contribution in [0.5, 0.6) is 5.75 Å². The van der Waals surface area contributed by atoms with E-state index in [-0.39, 0.29) is 39.8 Å². The van der Waals surface area contributed by atoms with Gasteiger partial charge in [-0.1, -0.05) is 23.2 Å². The number of benzene rings is 1. The van der Waals surface area contributed by atoms with Crippen molar-refractivity contribution in [3.63, 3.8) is 0 Å². The summed E-state index contributed by atoms with van der Waals surface area (Å²) in [6.07, 6.45) is 0. The number of carbonyl (C=O) groups excluding carboxylic acids is 2. The van der Waals surface area contributed by atoms with E-state index in [9.17, 15) is 14.7 Å². The van der Waals surface area contributed by atoms with Gasteiger partial charge in [-0.3, -0.25) is 9.59 Å². The van der Waals surface area contributed by atoms with Gasteiger partial charge in [0.1, 0.15) is 5.75 Å². The molecule has 2 heterocycles. The zero-order valence-corrected chi connectivity index (χ0v) is 15.6. The van der Waals surface area contributed by atoms with Crippen LogP contribution in [-0.4, -0.2) is 42.1 Å². The highest BCUT2D eigenvalue weighted by Gasteiger charge is 2.42. The van der Waals surface area contributed by atoms with Crippen molar-refractivity contribution >= 4 is 46.4 Å². The van der Waals surface area contributed by atoms with E-state index in [0.29, 0.717) is 6.54 Å². The minimum absolute atomic E-state index is 0.0133. The summed E-state index contributed by atoms with van der Waals surface area (Å²) in [4.78, 5) is 26.5. The number of halogens is 2. The van der Waals surface area contributed by atoms with E-state index in [4.69, 9.17) is 27.9 Å². The Labute approximate surface area is 158 Å². The molecule has 1 fully saturated rings. The van der Waals surface area contributed by atoms with Gasteiger partial charge in [0, 0.05) is 24.0 Å². The van der Waals surface area contributed by atoms with Crippen molar-refractivity contribution in [2.75, 3.05) is 20.2 Å². The number of ether oxygens (including phenoxy) is 1. The summed E-state index contributed by atoms with van der Waals surface area (Å²) in [5, 5.41) is 14.3. The SMILES string of the molecule is COC(=O)[C@@H]1CN(C(=O)c2c(O)cc(Cl)cc2Cl)C[C@@H]1c1ccsc1. The quantitative estimate of drug-likeness (QED) is 0.797. The lowest BCUT2D eigenvalue weighted by Gasteiger charge is -2.18. The van der Waals surface area contributed by atoms with Crippen molar-refractivity contribution in [2.24, 2.45) is 5.92 Å². The molecule has 0 spiro atoms. The first kappa shape index (κ1) is 18.0. The third-order valence-electron chi connectivity index (χ3n) is 4.33. The van der Waals surface area contributed by atoms with Crippen LogP contribution in [0.15, 0.2) is 29.0 Å². The monoisotopic (exact) mass is 399 g/mol. The van der Waals surface area contributed by atoms with Crippen molar-refractivity contribution in [3.05, 3.63) is 50.1 Å². The summed E-state index contributed by atoms with van der Waals surface area (Å²) in [6.45, 7) is 0.540. The Morgan fingerprint density at radius 2 is 2.08 bits per heavy atom. The summed E-state index contributed by atoms with van der Waals surface area (Å²) < 4.78 is 4.89. The molecule has 25 heavy (non-hydrogen) atoms. The fourth-order valence-electron chi connectivity index (χ4n) is 3.11. The second kappa shape index (κ2) is 7.23. The third kappa shape index (κ3) is 3.47. The number of hydrogen-bond donors (Lipinski definition) is 1. The number of thiophene rings is 1. The fourth-order valence-corrected chi connectivity index (χ4v) is 4.40. The number of rotatable bonds is 3. The Morgan fingerprint density at radius 1 is 1.32 bits per heavy atom. The first-order valence-electron chi connectivity index (χ1n) is 7.49. The molecule has 3 rings (SSSR count). The summed E-state index contributed by atoms with van der Waals surface area (Å²) in [6, 6.07) is 4.61. The Bertz CT molecular complexity index is 786. The predicted octanol–water partition coefficient (Wildman–Crippen LogP) is 3.79. The van der Waals surface area contributed by atoms with Gasteiger partial charge in [-0.2, -0.15) is 11.3 Å². The maximum Gasteiger partial charge on any atom is 0.311 e. The van der Waals surface area contributed by atoms with E-state index in [1.54, 1.807) is 0 Å². The van der Waals surface area contributed by atoms with E-state index < -0.39 is 11.8 Å². The van der Waals surface area contributed by atoms with E-state index in [0.717, 1.165) is 5.56 Å². The normalized spacial score (nSPS) is 19.9. The molecule has 0 aliphatic carbocycles. The third-order valence-corrected chi connectivity index (χ3v) is 5.55. The van der Waals surface area contributed by atoms with Gasteiger partial charge in [0.05, 0.1) is 23.6 Å². The molecule has 0 saturated carbocycles. The summed E-state index contributed by atoms with van der Waals surface area (Å²) in [5.41, 5.74) is 0.975. The molecule has 5 nitrogen and oxygen atoms in total. The number of nitrogens with zero attached hydrogens (tertiary/aromatic N) is 1. The summed E-state index contributed by atoms with van der Waals surface area (Å²) in [7, 11) is 1.33. The molecule has 1 aromatic carbocycles. The lowest BCUT2D eigenvalue weighted by atomic mass is 9.91. The average molecular weight is 400 g/mol. The lowest BCUT2D eigenvalue weighted by Crippen LogP contribution is -2.30. The smallest absolute Gasteiger partial charge is 0.311 e. The van der Waals surface area contributed by atoms with Crippen LogP contribution in [0.2, 0.25) is 10.0 Å². The molecule has 1 aromatic heterocycles. The van der Waals surface area contributed by atoms with Gasteiger partial charge in [-0.25, -0.2) is 0 Å². The van der Waals surface area contributed by atoms with Gasteiger partial charge in [0.2, 0.25) is 0 Å². The second-order valence-corrected chi connectivity index (χ2v) is 7.41. The predicted molar refractivity (Wildman–Crippen MR) is 96.6 cm³/mol. The highest BCUT2D eigenvalue weighted by Crippen LogP contribution is 2.37. The van der Waals surface area contributed by atoms with Crippen molar-refractivity contribution in [2.45, 2.75) is 5.92 Å². The van der Waals surface area contributed by atoms with Gasteiger partial charge in [-0.05, 0) is 34.5 Å². The number of esters is 1. The zero-order chi connectivity index (χ0) is 18.1. The number of methoxy groups -OCH3 is 1. The van der Waals surface area contributed by atoms with Crippen LogP contribution < -0.4 is 0 Å². The number of phenols is 1. The Balaban J connectivity index is 1.91. The molecule has 0 bridgehead atoms. The molecule has 1 aliphatic heterocycles. The first-order valence-corrected chi connectivity index (χ1v) is 9.19. The Morgan fingerprint density at radius 3 is 2.68 bits per heavy atom. The molecule has 1 saturated heterocycles. The van der Waals surface area contributed by atoms with Gasteiger partial charge >= 0.3 is 5.97 Å². The average Bonchev–Trinajstić information content (AvgIpc) is 3.22. The van der Waals surface area contributed by atoms with Crippen LogP contribution in [-0.2, 0) is 9.53 Å². The van der Waals surface area contributed by atoms with Crippen LogP contribution in [0.4, 0.5) is 0 Å². The highest BCUT2D eigenvalue weighted by atomic mass is 35.5. The zero-order valence-electron chi connectivity index (χ0n) is 13.2. The van der Waals surface area contributed by atoms with Crippen molar-refractivity contribution in [1.29, 1.82) is 0 Å². The molecule has 8 heteroatoms. The molecule has 1 N–H and O–H groups in total. The largest absolute Gasteiger partial charge is 0.507 e. The number of carbonyl (C=O) groups is 2. The van der Waals surface area contributed by atoms with Gasteiger partial charge in [0.25, 0.3) is 5.91 Å². The first-order chi connectivity index (χ1) is 11.9. The maximum absolute atomic E-state index is 12.9. The minimum atomic E-state index is -0.461. The van der Waals surface area contributed by atoms with Crippen molar-refractivity contribution in [1.82, 2.24) is 4.90 Å². The highest BCUT2D eigenvalue weighted by molar-refractivity contribution is 7.08. The van der Waals surface area contributed by atoms with E-state index in [1.165, 1.54) is 35.5 Å². The number of phenolic OH excluding ortho intramolecular Hbond substituents is 1. The molecule has 2 aromatic rings. The molecule has 0 unspecified atom stereocenters. The second-order valence-electron chi connectivity index (χ2n) is 5.78. The Hall–Kier alpha value is -1.76. The molecular weight excluding hydrogens is 385 g/mol. The van der Waals surface area contributed by atoms with Gasteiger partial charge in [-0.15, -0.1) is 0 Å². The number of amides is 1. The molecule has 0 radical (unpaired) electrons. The van der Waals surface area contributed by atoms with E-state index in [1.807, 2.05) is 16.8 Å². The maximum atomic E-state index is 12.9.